The molecule has 0 bridgehead atoms. The Hall–Kier alpha value is -2.49. The highest BCUT2D eigenvalue weighted by molar-refractivity contribution is 5.91. The average Bonchev–Trinajstić information content (AvgIpc) is 2.48. The second-order valence-corrected chi connectivity index (χ2v) is 4.87. The Bertz CT molecular complexity index is 662. The van der Waals surface area contributed by atoms with Crippen molar-refractivity contribution in [3.05, 3.63) is 58.7 Å². The molecule has 2 aromatic carbocycles. The van der Waals surface area contributed by atoms with Crippen LogP contribution in [-0.2, 0) is 6.61 Å². The summed E-state index contributed by atoms with van der Waals surface area (Å²) in [4.78, 5) is 11.2. The third kappa shape index (κ3) is 3.54. The minimum absolute atomic E-state index is 0.138. The van der Waals surface area contributed by atoms with Crippen LogP contribution in [0.5, 0.6) is 11.5 Å². The lowest BCUT2D eigenvalue weighted by atomic mass is 10.1. The molecule has 0 saturated carbocycles. The van der Waals surface area contributed by atoms with Crippen molar-refractivity contribution in [3.8, 4) is 11.5 Å². The topological polar surface area (TPSA) is 55.8 Å². The van der Waals surface area contributed by atoms with Gasteiger partial charge in [0.25, 0.3) is 0 Å². The molecule has 0 heterocycles. The maximum Gasteiger partial charge on any atom is 0.339 e. The Kier molecular flexibility index (Phi) is 4.48. The number of aromatic carboxylic acids is 1. The van der Waals surface area contributed by atoms with E-state index in [2.05, 4.69) is 0 Å². The Morgan fingerprint density at radius 3 is 2.48 bits per heavy atom. The number of methoxy groups -OCH3 is 1. The fraction of sp³-hybridized carbons (Fsp3) is 0.235. The minimum atomic E-state index is -1.01. The fourth-order valence-electron chi connectivity index (χ4n) is 1.98. The van der Waals surface area contributed by atoms with Crippen LogP contribution in [0.1, 0.15) is 27.0 Å². The smallest absolute Gasteiger partial charge is 0.339 e. The second kappa shape index (κ2) is 6.31. The standard InChI is InChI=1S/C17H18O4/c1-11-4-6-14(8-12(11)2)21-10-13-5-7-16(20-3)15(9-13)17(18)19/h4-9H,10H2,1-3H3,(H,18,19). The van der Waals surface area contributed by atoms with Gasteiger partial charge in [0.1, 0.15) is 23.7 Å². The van der Waals surface area contributed by atoms with E-state index < -0.39 is 5.97 Å². The van der Waals surface area contributed by atoms with E-state index in [-0.39, 0.29) is 5.56 Å². The van der Waals surface area contributed by atoms with Crippen molar-refractivity contribution in [3.63, 3.8) is 0 Å². The van der Waals surface area contributed by atoms with Crippen LogP contribution in [0.15, 0.2) is 36.4 Å². The Labute approximate surface area is 123 Å². The van der Waals surface area contributed by atoms with Gasteiger partial charge in [-0.25, -0.2) is 4.79 Å². The summed E-state index contributed by atoms with van der Waals surface area (Å²) < 4.78 is 10.7. The summed E-state index contributed by atoms with van der Waals surface area (Å²) in [6.07, 6.45) is 0. The van der Waals surface area contributed by atoms with Crippen molar-refractivity contribution in [2.45, 2.75) is 20.5 Å². The molecule has 110 valence electrons. The van der Waals surface area contributed by atoms with Crippen molar-refractivity contribution in [1.82, 2.24) is 0 Å². The number of hydrogen-bond acceptors (Lipinski definition) is 3. The maximum atomic E-state index is 11.2. The predicted octanol–water partition coefficient (Wildman–Crippen LogP) is 3.59. The minimum Gasteiger partial charge on any atom is -0.496 e. The molecule has 0 aliphatic rings. The molecule has 0 aromatic heterocycles. The van der Waals surface area contributed by atoms with Crippen molar-refractivity contribution >= 4 is 5.97 Å². The molecular weight excluding hydrogens is 268 g/mol. The summed E-state index contributed by atoms with van der Waals surface area (Å²) in [5.74, 6) is 0.100. The Morgan fingerprint density at radius 2 is 1.86 bits per heavy atom. The summed E-state index contributed by atoms with van der Waals surface area (Å²) in [6, 6.07) is 10.9. The van der Waals surface area contributed by atoms with Crippen LogP contribution < -0.4 is 9.47 Å². The molecule has 0 aliphatic heterocycles. The molecule has 1 N–H and O–H groups in total. The van der Waals surface area contributed by atoms with E-state index in [0.717, 1.165) is 16.9 Å². The van der Waals surface area contributed by atoms with Crippen LogP contribution in [0.2, 0.25) is 0 Å². The molecule has 0 saturated heterocycles. The second-order valence-electron chi connectivity index (χ2n) is 4.87. The van der Waals surface area contributed by atoms with Crippen LogP contribution in [0, 0.1) is 13.8 Å². The van der Waals surface area contributed by atoms with E-state index in [1.807, 2.05) is 32.0 Å². The lowest BCUT2D eigenvalue weighted by Crippen LogP contribution is -2.03. The van der Waals surface area contributed by atoms with E-state index in [1.165, 1.54) is 12.7 Å². The van der Waals surface area contributed by atoms with Crippen molar-refractivity contribution in [2.24, 2.45) is 0 Å². The highest BCUT2D eigenvalue weighted by Crippen LogP contribution is 2.22. The number of ether oxygens (including phenoxy) is 2. The van der Waals surface area contributed by atoms with Gasteiger partial charge in [-0.2, -0.15) is 0 Å². The van der Waals surface area contributed by atoms with Gasteiger partial charge in [-0.1, -0.05) is 12.1 Å². The molecule has 0 aliphatic carbocycles. The van der Waals surface area contributed by atoms with Gasteiger partial charge in [-0.15, -0.1) is 0 Å². The van der Waals surface area contributed by atoms with Crippen LogP contribution in [0.25, 0.3) is 0 Å². The molecule has 2 aromatic rings. The molecule has 4 heteroatoms. The third-order valence-corrected chi connectivity index (χ3v) is 3.38. The number of carbonyl (C=O) groups is 1. The van der Waals surface area contributed by atoms with E-state index in [9.17, 15) is 4.79 Å². The van der Waals surface area contributed by atoms with E-state index in [1.54, 1.807) is 18.2 Å². The third-order valence-electron chi connectivity index (χ3n) is 3.38. The molecule has 0 amide bonds. The maximum absolute atomic E-state index is 11.2. The number of carboxylic acid groups (broad SMARTS) is 1. The zero-order valence-electron chi connectivity index (χ0n) is 12.3. The van der Waals surface area contributed by atoms with E-state index in [4.69, 9.17) is 14.6 Å². The van der Waals surface area contributed by atoms with Crippen LogP contribution in [0.3, 0.4) is 0 Å². The molecule has 4 nitrogen and oxygen atoms in total. The molecule has 0 radical (unpaired) electrons. The molecule has 0 atom stereocenters. The fourth-order valence-corrected chi connectivity index (χ4v) is 1.98. The summed E-state index contributed by atoms with van der Waals surface area (Å²) in [5, 5.41) is 9.15. The highest BCUT2D eigenvalue weighted by Gasteiger charge is 2.11. The molecule has 0 fully saturated rings. The van der Waals surface area contributed by atoms with E-state index in [0.29, 0.717) is 12.4 Å². The van der Waals surface area contributed by atoms with Crippen LogP contribution in [0.4, 0.5) is 0 Å². The summed E-state index contributed by atoms with van der Waals surface area (Å²) in [7, 11) is 1.45. The predicted molar refractivity (Wildman–Crippen MR) is 80.2 cm³/mol. The SMILES string of the molecule is COc1ccc(COc2ccc(C)c(C)c2)cc1C(=O)O. The lowest BCUT2D eigenvalue weighted by molar-refractivity contribution is 0.0693. The van der Waals surface area contributed by atoms with Crippen LogP contribution >= 0.6 is 0 Å². The number of hydrogen-bond donors (Lipinski definition) is 1. The van der Waals surface area contributed by atoms with Crippen LogP contribution in [-0.4, -0.2) is 18.2 Å². The molecule has 0 unspecified atom stereocenters. The first-order valence-electron chi connectivity index (χ1n) is 6.61. The molecule has 21 heavy (non-hydrogen) atoms. The van der Waals surface area contributed by atoms with Gasteiger partial charge in [0, 0.05) is 0 Å². The molecule has 2 rings (SSSR count). The number of carboxylic acids is 1. The van der Waals surface area contributed by atoms with Gasteiger partial charge in [-0.05, 0) is 54.8 Å². The number of benzene rings is 2. The number of aryl methyl sites for hydroxylation is 2. The number of rotatable bonds is 5. The zero-order chi connectivity index (χ0) is 15.4. The lowest BCUT2D eigenvalue weighted by Gasteiger charge is -2.10. The summed E-state index contributed by atoms with van der Waals surface area (Å²) in [5.41, 5.74) is 3.29. The quantitative estimate of drug-likeness (QED) is 0.912. The zero-order valence-corrected chi connectivity index (χ0v) is 12.3. The molecule has 0 spiro atoms. The summed E-state index contributed by atoms with van der Waals surface area (Å²) in [6.45, 7) is 4.38. The first-order valence-corrected chi connectivity index (χ1v) is 6.61. The largest absolute Gasteiger partial charge is 0.496 e. The average molecular weight is 286 g/mol. The monoisotopic (exact) mass is 286 g/mol. The van der Waals surface area contributed by atoms with Gasteiger partial charge < -0.3 is 14.6 Å². The Morgan fingerprint density at radius 1 is 1.10 bits per heavy atom. The Balaban J connectivity index is 2.14. The summed E-state index contributed by atoms with van der Waals surface area (Å²) >= 11 is 0. The molecular formula is C17H18O4. The first-order chi connectivity index (χ1) is 10.0. The van der Waals surface area contributed by atoms with Crippen molar-refractivity contribution in [2.75, 3.05) is 7.11 Å². The van der Waals surface area contributed by atoms with Crippen molar-refractivity contribution < 1.29 is 19.4 Å². The van der Waals surface area contributed by atoms with Gasteiger partial charge in [0.05, 0.1) is 7.11 Å². The first kappa shape index (κ1) is 14.9. The van der Waals surface area contributed by atoms with Gasteiger partial charge in [0.2, 0.25) is 0 Å². The van der Waals surface area contributed by atoms with Gasteiger partial charge in [-0.3, -0.25) is 0 Å². The van der Waals surface area contributed by atoms with Gasteiger partial charge >= 0.3 is 5.97 Å². The normalized spacial score (nSPS) is 10.2. The highest BCUT2D eigenvalue weighted by atomic mass is 16.5. The van der Waals surface area contributed by atoms with Gasteiger partial charge in [0.15, 0.2) is 0 Å². The van der Waals surface area contributed by atoms with E-state index >= 15 is 0 Å². The van der Waals surface area contributed by atoms with Crippen molar-refractivity contribution in [1.29, 1.82) is 0 Å².